The minimum absolute atomic E-state index is 0.566. The third-order valence-corrected chi connectivity index (χ3v) is 3.53. The molecule has 2 aromatic carbocycles. The van der Waals surface area contributed by atoms with Gasteiger partial charge in [0.15, 0.2) is 0 Å². The standard InChI is InChI=1S/C19H25NO2/c1-15(2)17-9-7-16(8-10-17)14-20-18-5-4-6-19(13-18)22-12-11-21-3/h4-10,13,15,20H,11-12,14H2,1-3H3. The second-order valence-corrected chi connectivity index (χ2v) is 5.62. The third kappa shape index (κ3) is 5.08. The molecule has 0 fully saturated rings. The fourth-order valence-electron chi connectivity index (χ4n) is 2.16. The van der Waals surface area contributed by atoms with E-state index in [9.17, 15) is 0 Å². The molecule has 22 heavy (non-hydrogen) atoms. The van der Waals surface area contributed by atoms with E-state index in [1.165, 1.54) is 11.1 Å². The molecule has 0 saturated heterocycles. The Morgan fingerprint density at radius 1 is 1.00 bits per heavy atom. The molecular formula is C19H25NO2. The topological polar surface area (TPSA) is 30.5 Å². The smallest absolute Gasteiger partial charge is 0.121 e. The number of ether oxygens (including phenoxy) is 2. The minimum atomic E-state index is 0.566. The van der Waals surface area contributed by atoms with Crippen molar-refractivity contribution in [2.75, 3.05) is 25.6 Å². The Morgan fingerprint density at radius 2 is 1.77 bits per heavy atom. The molecule has 0 aliphatic heterocycles. The molecule has 0 aliphatic rings. The molecule has 0 spiro atoms. The van der Waals surface area contributed by atoms with Gasteiger partial charge in [-0.05, 0) is 29.2 Å². The molecule has 0 radical (unpaired) electrons. The van der Waals surface area contributed by atoms with Crippen LogP contribution in [0.3, 0.4) is 0 Å². The summed E-state index contributed by atoms with van der Waals surface area (Å²) in [6, 6.07) is 16.8. The first-order valence-corrected chi connectivity index (χ1v) is 7.73. The molecule has 0 atom stereocenters. The molecule has 3 nitrogen and oxygen atoms in total. The van der Waals surface area contributed by atoms with Gasteiger partial charge in [0.25, 0.3) is 0 Å². The summed E-state index contributed by atoms with van der Waals surface area (Å²) in [6.07, 6.45) is 0. The van der Waals surface area contributed by atoms with Gasteiger partial charge in [-0.25, -0.2) is 0 Å². The highest BCUT2D eigenvalue weighted by Crippen LogP contribution is 2.19. The molecule has 2 aromatic rings. The van der Waals surface area contributed by atoms with Gasteiger partial charge in [0.05, 0.1) is 6.61 Å². The maximum atomic E-state index is 5.62. The average molecular weight is 299 g/mol. The van der Waals surface area contributed by atoms with Crippen molar-refractivity contribution in [3.05, 3.63) is 59.7 Å². The molecule has 0 aromatic heterocycles. The summed E-state index contributed by atoms with van der Waals surface area (Å²) in [6.45, 7) is 6.39. The molecule has 3 heteroatoms. The van der Waals surface area contributed by atoms with Gasteiger partial charge in [0.1, 0.15) is 12.4 Å². The molecule has 0 bridgehead atoms. The Hall–Kier alpha value is -2.00. The van der Waals surface area contributed by atoms with Crippen LogP contribution in [-0.4, -0.2) is 20.3 Å². The van der Waals surface area contributed by atoms with Crippen molar-refractivity contribution in [1.82, 2.24) is 0 Å². The Labute approximate surface area is 133 Å². The first-order valence-electron chi connectivity index (χ1n) is 7.73. The second-order valence-electron chi connectivity index (χ2n) is 5.62. The van der Waals surface area contributed by atoms with E-state index in [1.54, 1.807) is 7.11 Å². The van der Waals surface area contributed by atoms with Crippen LogP contribution in [0.2, 0.25) is 0 Å². The van der Waals surface area contributed by atoms with Crippen LogP contribution in [0.15, 0.2) is 48.5 Å². The summed E-state index contributed by atoms with van der Waals surface area (Å²) in [5.74, 6) is 1.43. The summed E-state index contributed by atoms with van der Waals surface area (Å²) in [7, 11) is 1.67. The van der Waals surface area contributed by atoms with Gasteiger partial charge in [-0.15, -0.1) is 0 Å². The SMILES string of the molecule is COCCOc1cccc(NCc2ccc(C(C)C)cc2)c1. The van der Waals surface area contributed by atoms with E-state index in [-0.39, 0.29) is 0 Å². The molecule has 0 amide bonds. The zero-order valence-corrected chi connectivity index (χ0v) is 13.6. The fourth-order valence-corrected chi connectivity index (χ4v) is 2.16. The minimum Gasteiger partial charge on any atom is -0.491 e. The molecule has 118 valence electrons. The summed E-state index contributed by atoms with van der Waals surface area (Å²) < 4.78 is 10.6. The second kappa shape index (κ2) is 8.44. The van der Waals surface area contributed by atoms with Gasteiger partial charge in [-0.3, -0.25) is 0 Å². The van der Waals surface area contributed by atoms with Gasteiger partial charge in [-0.1, -0.05) is 44.2 Å². The summed E-state index contributed by atoms with van der Waals surface area (Å²) >= 11 is 0. The molecule has 0 unspecified atom stereocenters. The van der Waals surface area contributed by atoms with Gasteiger partial charge in [0, 0.05) is 25.4 Å². The Balaban J connectivity index is 1.89. The highest BCUT2D eigenvalue weighted by Gasteiger charge is 2.00. The number of hydrogen-bond donors (Lipinski definition) is 1. The molecule has 2 rings (SSSR count). The first-order chi connectivity index (χ1) is 10.7. The normalized spacial score (nSPS) is 10.7. The lowest BCUT2D eigenvalue weighted by Gasteiger charge is -2.11. The maximum absolute atomic E-state index is 5.62. The van der Waals surface area contributed by atoms with E-state index in [4.69, 9.17) is 9.47 Å². The van der Waals surface area contributed by atoms with E-state index in [0.29, 0.717) is 19.1 Å². The number of nitrogens with one attached hydrogen (secondary N) is 1. The molecule has 0 aliphatic carbocycles. The van der Waals surface area contributed by atoms with Crippen LogP contribution in [0.4, 0.5) is 5.69 Å². The van der Waals surface area contributed by atoms with Crippen molar-refractivity contribution in [1.29, 1.82) is 0 Å². The lowest BCUT2D eigenvalue weighted by molar-refractivity contribution is 0.146. The number of rotatable bonds is 8. The van der Waals surface area contributed by atoms with Crippen LogP contribution in [0.1, 0.15) is 30.9 Å². The zero-order valence-electron chi connectivity index (χ0n) is 13.6. The molecule has 0 saturated carbocycles. The number of hydrogen-bond acceptors (Lipinski definition) is 3. The van der Waals surface area contributed by atoms with E-state index < -0.39 is 0 Å². The Kier molecular flexibility index (Phi) is 6.28. The Bertz CT molecular complexity index is 564. The van der Waals surface area contributed by atoms with Crippen molar-refractivity contribution < 1.29 is 9.47 Å². The van der Waals surface area contributed by atoms with Crippen molar-refractivity contribution >= 4 is 5.69 Å². The number of methoxy groups -OCH3 is 1. The van der Waals surface area contributed by atoms with E-state index in [1.807, 2.05) is 24.3 Å². The van der Waals surface area contributed by atoms with Crippen LogP contribution in [0.5, 0.6) is 5.75 Å². The lowest BCUT2D eigenvalue weighted by Crippen LogP contribution is -2.05. The Morgan fingerprint density at radius 3 is 2.45 bits per heavy atom. The van der Waals surface area contributed by atoms with Crippen LogP contribution >= 0.6 is 0 Å². The van der Waals surface area contributed by atoms with Crippen LogP contribution in [-0.2, 0) is 11.3 Å². The largest absolute Gasteiger partial charge is 0.491 e. The van der Waals surface area contributed by atoms with Gasteiger partial charge >= 0.3 is 0 Å². The van der Waals surface area contributed by atoms with Gasteiger partial charge in [0.2, 0.25) is 0 Å². The quantitative estimate of drug-likeness (QED) is 0.731. The molecule has 1 N–H and O–H groups in total. The van der Waals surface area contributed by atoms with Crippen molar-refractivity contribution in [3.8, 4) is 5.75 Å². The first kappa shape index (κ1) is 16.4. The van der Waals surface area contributed by atoms with Crippen molar-refractivity contribution in [3.63, 3.8) is 0 Å². The predicted octanol–water partition coefficient (Wildman–Crippen LogP) is 4.45. The monoisotopic (exact) mass is 299 g/mol. The third-order valence-electron chi connectivity index (χ3n) is 3.53. The molecule has 0 heterocycles. The molecular weight excluding hydrogens is 274 g/mol. The van der Waals surface area contributed by atoms with Gasteiger partial charge < -0.3 is 14.8 Å². The van der Waals surface area contributed by atoms with E-state index in [2.05, 4.69) is 43.4 Å². The van der Waals surface area contributed by atoms with E-state index in [0.717, 1.165) is 18.0 Å². The fraction of sp³-hybridized carbons (Fsp3) is 0.368. The highest BCUT2D eigenvalue weighted by molar-refractivity contribution is 5.48. The maximum Gasteiger partial charge on any atom is 0.121 e. The number of anilines is 1. The summed E-state index contributed by atoms with van der Waals surface area (Å²) in [5, 5.41) is 3.43. The van der Waals surface area contributed by atoms with Gasteiger partial charge in [-0.2, -0.15) is 0 Å². The summed E-state index contributed by atoms with van der Waals surface area (Å²) in [5.41, 5.74) is 3.70. The predicted molar refractivity (Wildman–Crippen MR) is 91.7 cm³/mol. The summed E-state index contributed by atoms with van der Waals surface area (Å²) in [4.78, 5) is 0. The van der Waals surface area contributed by atoms with Crippen LogP contribution < -0.4 is 10.1 Å². The zero-order chi connectivity index (χ0) is 15.8. The van der Waals surface area contributed by atoms with Crippen LogP contribution in [0.25, 0.3) is 0 Å². The number of benzene rings is 2. The average Bonchev–Trinajstić information content (AvgIpc) is 2.54. The van der Waals surface area contributed by atoms with E-state index >= 15 is 0 Å². The van der Waals surface area contributed by atoms with Crippen molar-refractivity contribution in [2.24, 2.45) is 0 Å². The highest BCUT2D eigenvalue weighted by atomic mass is 16.5. The van der Waals surface area contributed by atoms with Crippen LogP contribution in [0, 0.1) is 0 Å². The van der Waals surface area contributed by atoms with Crippen molar-refractivity contribution in [2.45, 2.75) is 26.3 Å². The lowest BCUT2D eigenvalue weighted by atomic mass is 10.0.